The van der Waals surface area contributed by atoms with Gasteiger partial charge >= 0.3 is 0 Å². The number of anilines is 1. The van der Waals surface area contributed by atoms with E-state index < -0.39 is 0 Å². The lowest BCUT2D eigenvalue weighted by molar-refractivity contribution is 0.0876. The molecule has 4 heteroatoms. The van der Waals surface area contributed by atoms with Crippen LogP contribution in [0.4, 0.5) is 5.69 Å². The minimum Gasteiger partial charge on any atom is -0.379 e. The quantitative estimate of drug-likeness (QED) is 0.861. The highest BCUT2D eigenvalue weighted by Gasteiger charge is 2.15. The SMILES string of the molecule is Clc1cccc(NC2CCCOC2)c1Cl. The molecule has 1 N–H and O–H groups in total. The molecule has 0 spiro atoms. The van der Waals surface area contributed by atoms with Crippen LogP contribution < -0.4 is 5.32 Å². The van der Waals surface area contributed by atoms with Gasteiger partial charge in [0.15, 0.2) is 0 Å². The fourth-order valence-corrected chi connectivity index (χ4v) is 2.04. The van der Waals surface area contributed by atoms with E-state index in [-0.39, 0.29) is 0 Å². The summed E-state index contributed by atoms with van der Waals surface area (Å²) < 4.78 is 5.39. The lowest BCUT2D eigenvalue weighted by Gasteiger charge is -2.24. The fraction of sp³-hybridized carbons (Fsp3) is 0.455. The van der Waals surface area contributed by atoms with Crippen LogP contribution in [0.2, 0.25) is 10.0 Å². The van der Waals surface area contributed by atoms with E-state index in [1.807, 2.05) is 12.1 Å². The van der Waals surface area contributed by atoms with Crippen LogP contribution in [0.15, 0.2) is 18.2 Å². The van der Waals surface area contributed by atoms with Gasteiger partial charge in [-0.3, -0.25) is 0 Å². The van der Waals surface area contributed by atoms with Crippen molar-refractivity contribution in [2.45, 2.75) is 18.9 Å². The summed E-state index contributed by atoms with van der Waals surface area (Å²) in [4.78, 5) is 0. The zero-order chi connectivity index (χ0) is 10.7. The van der Waals surface area contributed by atoms with E-state index in [1.54, 1.807) is 6.07 Å². The predicted octanol–water partition coefficient (Wildman–Crippen LogP) is 3.58. The summed E-state index contributed by atoms with van der Waals surface area (Å²) in [6.45, 7) is 1.60. The van der Waals surface area contributed by atoms with E-state index in [4.69, 9.17) is 27.9 Å². The summed E-state index contributed by atoms with van der Waals surface area (Å²) in [5, 5.41) is 4.52. The predicted molar refractivity (Wildman–Crippen MR) is 63.9 cm³/mol. The van der Waals surface area contributed by atoms with Crippen LogP contribution in [0, 0.1) is 0 Å². The number of ether oxygens (including phenoxy) is 1. The van der Waals surface area contributed by atoms with Gasteiger partial charge in [-0.15, -0.1) is 0 Å². The Bertz CT molecular complexity index is 337. The van der Waals surface area contributed by atoms with Crippen LogP contribution in [-0.2, 0) is 4.74 Å². The van der Waals surface area contributed by atoms with Crippen molar-refractivity contribution in [3.63, 3.8) is 0 Å². The molecule has 0 bridgehead atoms. The minimum atomic E-state index is 0.342. The molecule has 15 heavy (non-hydrogen) atoms. The van der Waals surface area contributed by atoms with E-state index >= 15 is 0 Å². The first-order valence-electron chi connectivity index (χ1n) is 5.05. The van der Waals surface area contributed by atoms with E-state index in [9.17, 15) is 0 Å². The Morgan fingerprint density at radius 3 is 2.93 bits per heavy atom. The molecule has 0 radical (unpaired) electrons. The van der Waals surface area contributed by atoms with Crippen molar-refractivity contribution in [3.8, 4) is 0 Å². The Labute approximate surface area is 99.5 Å². The van der Waals surface area contributed by atoms with Crippen molar-refractivity contribution in [3.05, 3.63) is 28.2 Å². The molecule has 1 atom stereocenters. The summed E-state index contributed by atoms with van der Waals surface area (Å²) in [6, 6.07) is 5.95. The molecule has 1 aromatic carbocycles. The first-order valence-corrected chi connectivity index (χ1v) is 5.81. The van der Waals surface area contributed by atoms with Crippen LogP contribution in [0.25, 0.3) is 0 Å². The highest BCUT2D eigenvalue weighted by atomic mass is 35.5. The molecule has 0 aromatic heterocycles. The van der Waals surface area contributed by atoms with Crippen molar-refractivity contribution < 1.29 is 4.74 Å². The fourth-order valence-electron chi connectivity index (χ4n) is 1.69. The van der Waals surface area contributed by atoms with E-state index in [2.05, 4.69) is 5.32 Å². The highest BCUT2D eigenvalue weighted by Crippen LogP contribution is 2.30. The number of benzene rings is 1. The zero-order valence-corrected chi connectivity index (χ0v) is 9.81. The largest absolute Gasteiger partial charge is 0.379 e. The number of hydrogen-bond donors (Lipinski definition) is 1. The molecule has 2 rings (SSSR count). The Morgan fingerprint density at radius 1 is 1.33 bits per heavy atom. The van der Waals surface area contributed by atoms with E-state index in [0.29, 0.717) is 16.1 Å². The van der Waals surface area contributed by atoms with Crippen LogP contribution in [0.5, 0.6) is 0 Å². The molecule has 1 aliphatic heterocycles. The Hall–Kier alpha value is -0.440. The molecule has 2 nitrogen and oxygen atoms in total. The highest BCUT2D eigenvalue weighted by molar-refractivity contribution is 6.43. The third-order valence-electron chi connectivity index (χ3n) is 2.47. The first kappa shape index (κ1) is 11.1. The molecule has 0 aliphatic carbocycles. The van der Waals surface area contributed by atoms with Gasteiger partial charge in [-0.2, -0.15) is 0 Å². The molecule has 1 aliphatic rings. The third kappa shape index (κ3) is 2.77. The Balaban J connectivity index is 2.06. The molecule has 82 valence electrons. The van der Waals surface area contributed by atoms with E-state index in [0.717, 1.165) is 31.7 Å². The van der Waals surface area contributed by atoms with Crippen molar-refractivity contribution in [1.82, 2.24) is 0 Å². The van der Waals surface area contributed by atoms with Crippen molar-refractivity contribution in [2.24, 2.45) is 0 Å². The van der Waals surface area contributed by atoms with Gasteiger partial charge in [0.05, 0.1) is 22.3 Å². The van der Waals surface area contributed by atoms with E-state index in [1.165, 1.54) is 0 Å². The van der Waals surface area contributed by atoms with Crippen molar-refractivity contribution in [2.75, 3.05) is 18.5 Å². The topological polar surface area (TPSA) is 21.3 Å². The van der Waals surface area contributed by atoms with Crippen LogP contribution in [0.1, 0.15) is 12.8 Å². The average Bonchev–Trinajstić information content (AvgIpc) is 2.26. The van der Waals surface area contributed by atoms with Gasteiger partial charge in [-0.1, -0.05) is 29.3 Å². The lowest BCUT2D eigenvalue weighted by Crippen LogP contribution is -2.30. The lowest BCUT2D eigenvalue weighted by atomic mass is 10.1. The molecular weight excluding hydrogens is 233 g/mol. The number of nitrogens with one attached hydrogen (secondary N) is 1. The number of halogens is 2. The molecular formula is C11H13Cl2NO. The van der Waals surface area contributed by atoms with Crippen LogP contribution >= 0.6 is 23.2 Å². The Kier molecular flexibility index (Phi) is 3.73. The number of hydrogen-bond acceptors (Lipinski definition) is 2. The van der Waals surface area contributed by atoms with Crippen LogP contribution in [0.3, 0.4) is 0 Å². The second-order valence-electron chi connectivity index (χ2n) is 3.66. The van der Waals surface area contributed by atoms with Gasteiger partial charge in [0.1, 0.15) is 0 Å². The van der Waals surface area contributed by atoms with Gasteiger partial charge in [-0.25, -0.2) is 0 Å². The van der Waals surface area contributed by atoms with Gasteiger partial charge < -0.3 is 10.1 Å². The summed E-state index contributed by atoms with van der Waals surface area (Å²) in [5.74, 6) is 0. The molecule has 1 aromatic rings. The normalized spacial score (nSPS) is 21.3. The molecule has 1 saturated heterocycles. The minimum absolute atomic E-state index is 0.342. The Morgan fingerprint density at radius 2 is 2.20 bits per heavy atom. The zero-order valence-electron chi connectivity index (χ0n) is 8.30. The van der Waals surface area contributed by atoms with Gasteiger partial charge in [0.2, 0.25) is 0 Å². The second-order valence-corrected chi connectivity index (χ2v) is 4.44. The smallest absolute Gasteiger partial charge is 0.0823 e. The maximum Gasteiger partial charge on any atom is 0.0823 e. The maximum absolute atomic E-state index is 6.08. The maximum atomic E-state index is 6.08. The summed E-state index contributed by atoms with van der Waals surface area (Å²) in [6.07, 6.45) is 2.21. The first-order chi connectivity index (χ1) is 7.27. The van der Waals surface area contributed by atoms with Gasteiger partial charge in [0, 0.05) is 12.6 Å². The van der Waals surface area contributed by atoms with Crippen molar-refractivity contribution >= 4 is 28.9 Å². The molecule has 1 fully saturated rings. The van der Waals surface area contributed by atoms with Gasteiger partial charge in [0.25, 0.3) is 0 Å². The molecule has 0 saturated carbocycles. The number of rotatable bonds is 2. The standard InChI is InChI=1S/C11H13Cl2NO/c12-9-4-1-5-10(11(9)13)14-8-3-2-6-15-7-8/h1,4-5,8,14H,2-3,6-7H2. The summed E-state index contributed by atoms with van der Waals surface area (Å²) in [5.41, 5.74) is 0.889. The monoisotopic (exact) mass is 245 g/mol. The third-order valence-corrected chi connectivity index (χ3v) is 3.29. The van der Waals surface area contributed by atoms with Crippen LogP contribution in [-0.4, -0.2) is 19.3 Å². The summed E-state index contributed by atoms with van der Waals surface area (Å²) in [7, 11) is 0. The average molecular weight is 246 g/mol. The van der Waals surface area contributed by atoms with Crippen molar-refractivity contribution in [1.29, 1.82) is 0 Å². The molecule has 0 amide bonds. The van der Waals surface area contributed by atoms with Gasteiger partial charge in [-0.05, 0) is 25.0 Å². The molecule has 1 heterocycles. The summed E-state index contributed by atoms with van der Waals surface area (Å²) >= 11 is 12.0. The molecule has 1 unspecified atom stereocenters. The second kappa shape index (κ2) is 5.06.